The lowest BCUT2D eigenvalue weighted by Crippen LogP contribution is -2.39. The molecule has 0 aromatic rings. The van der Waals surface area contributed by atoms with Crippen LogP contribution in [0.2, 0.25) is 0 Å². The van der Waals surface area contributed by atoms with E-state index >= 15 is 0 Å². The Bertz CT molecular complexity index is 142. The normalized spacial score (nSPS) is 23.0. The summed E-state index contributed by atoms with van der Waals surface area (Å²) in [5.41, 5.74) is 0. The van der Waals surface area contributed by atoms with Gasteiger partial charge in [0.1, 0.15) is 0 Å². The first kappa shape index (κ1) is 9.80. The highest BCUT2D eigenvalue weighted by Gasteiger charge is 2.39. The van der Waals surface area contributed by atoms with Crippen LogP contribution in [0, 0.1) is 0 Å². The molecule has 1 saturated heterocycles. The molecule has 1 heterocycles. The van der Waals surface area contributed by atoms with Crippen molar-refractivity contribution in [1.29, 1.82) is 0 Å². The van der Waals surface area contributed by atoms with Gasteiger partial charge in [-0.25, -0.2) is 0 Å². The van der Waals surface area contributed by atoms with Gasteiger partial charge in [0.05, 0.1) is 0 Å². The van der Waals surface area contributed by atoms with Crippen LogP contribution in [0.3, 0.4) is 0 Å². The van der Waals surface area contributed by atoms with Crippen LogP contribution in [0.25, 0.3) is 0 Å². The molecule has 2 nitrogen and oxygen atoms in total. The SMILES string of the molecule is O[C@@H](CN1CCCC1)C(F)(F)F. The van der Waals surface area contributed by atoms with Gasteiger partial charge >= 0.3 is 6.18 Å². The van der Waals surface area contributed by atoms with Gasteiger partial charge in [0.2, 0.25) is 0 Å². The Hall–Kier alpha value is -0.290. The predicted molar refractivity (Wildman–Crippen MR) is 37.7 cm³/mol. The fraction of sp³-hybridized carbons (Fsp3) is 1.00. The maximum absolute atomic E-state index is 11.8. The Morgan fingerprint density at radius 1 is 1.25 bits per heavy atom. The van der Waals surface area contributed by atoms with Crippen molar-refractivity contribution in [3.05, 3.63) is 0 Å². The number of aliphatic hydroxyl groups is 1. The molecule has 0 radical (unpaired) electrons. The van der Waals surface area contributed by atoms with E-state index in [0.717, 1.165) is 12.8 Å². The minimum Gasteiger partial charge on any atom is -0.382 e. The highest BCUT2D eigenvalue weighted by Crippen LogP contribution is 2.21. The summed E-state index contributed by atoms with van der Waals surface area (Å²) < 4.78 is 35.5. The first-order valence-electron chi connectivity index (χ1n) is 3.97. The van der Waals surface area contributed by atoms with Crippen LogP contribution in [-0.4, -0.2) is 41.9 Å². The van der Waals surface area contributed by atoms with Crippen LogP contribution in [0.4, 0.5) is 13.2 Å². The molecule has 5 heteroatoms. The largest absolute Gasteiger partial charge is 0.415 e. The van der Waals surface area contributed by atoms with E-state index in [1.807, 2.05) is 0 Å². The third-order valence-electron chi connectivity index (χ3n) is 2.01. The summed E-state index contributed by atoms with van der Waals surface area (Å²) in [5.74, 6) is 0. The lowest BCUT2D eigenvalue weighted by molar-refractivity contribution is -0.207. The first-order chi connectivity index (χ1) is 5.50. The van der Waals surface area contributed by atoms with E-state index in [2.05, 4.69) is 0 Å². The number of hydrogen-bond acceptors (Lipinski definition) is 2. The molecule has 0 bridgehead atoms. The molecule has 1 aliphatic heterocycles. The number of aliphatic hydroxyl groups excluding tert-OH is 1. The van der Waals surface area contributed by atoms with Gasteiger partial charge < -0.3 is 10.0 Å². The Balaban J connectivity index is 2.30. The molecule has 1 fully saturated rings. The van der Waals surface area contributed by atoms with E-state index in [1.165, 1.54) is 0 Å². The summed E-state index contributed by atoms with van der Waals surface area (Å²) in [6.45, 7) is 1.07. The molecule has 0 aromatic heterocycles. The van der Waals surface area contributed by atoms with E-state index in [1.54, 1.807) is 4.90 Å². The molecule has 0 aliphatic carbocycles. The van der Waals surface area contributed by atoms with Crippen molar-refractivity contribution in [1.82, 2.24) is 4.90 Å². The van der Waals surface area contributed by atoms with Crippen molar-refractivity contribution in [2.24, 2.45) is 0 Å². The first-order valence-corrected chi connectivity index (χ1v) is 3.97. The van der Waals surface area contributed by atoms with Crippen LogP contribution in [0.5, 0.6) is 0 Å². The van der Waals surface area contributed by atoms with Gasteiger partial charge in [-0.05, 0) is 25.9 Å². The summed E-state index contributed by atoms with van der Waals surface area (Å²) in [7, 11) is 0. The average molecular weight is 183 g/mol. The Morgan fingerprint density at radius 2 is 1.75 bits per heavy atom. The number of rotatable bonds is 2. The third kappa shape index (κ3) is 2.64. The van der Waals surface area contributed by atoms with Crippen LogP contribution in [0.15, 0.2) is 0 Å². The predicted octanol–water partition coefficient (Wildman–Crippen LogP) is 1.01. The van der Waals surface area contributed by atoms with Crippen LogP contribution < -0.4 is 0 Å². The molecule has 12 heavy (non-hydrogen) atoms. The van der Waals surface area contributed by atoms with Gasteiger partial charge in [0.25, 0.3) is 0 Å². The maximum Gasteiger partial charge on any atom is 0.415 e. The quantitative estimate of drug-likeness (QED) is 0.690. The minimum absolute atomic E-state index is 0.274. The average Bonchev–Trinajstić information content (AvgIpc) is 2.37. The van der Waals surface area contributed by atoms with Gasteiger partial charge in [-0.15, -0.1) is 0 Å². The van der Waals surface area contributed by atoms with E-state index in [9.17, 15) is 13.2 Å². The lowest BCUT2D eigenvalue weighted by atomic mass is 10.3. The molecule has 1 aliphatic rings. The molecule has 0 saturated carbocycles. The van der Waals surface area contributed by atoms with E-state index < -0.39 is 12.3 Å². The maximum atomic E-state index is 11.8. The zero-order valence-electron chi connectivity index (χ0n) is 6.64. The molecule has 0 spiro atoms. The molecule has 1 atom stereocenters. The Kier molecular flexibility index (Phi) is 2.95. The van der Waals surface area contributed by atoms with Gasteiger partial charge in [-0.1, -0.05) is 0 Å². The van der Waals surface area contributed by atoms with Gasteiger partial charge in [0, 0.05) is 6.54 Å². The summed E-state index contributed by atoms with van der Waals surface area (Å²) in [4.78, 5) is 1.64. The molecular formula is C7H12F3NO. The van der Waals surface area contributed by atoms with Crippen molar-refractivity contribution in [2.75, 3.05) is 19.6 Å². The third-order valence-corrected chi connectivity index (χ3v) is 2.01. The molecule has 72 valence electrons. The fourth-order valence-electron chi connectivity index (χ4n) is 1.31. The topological polar surface area (TPSA) is 23.5 Å². The van der Waals surface area contributed by atoms with Crippen LogP contribution in [0.1, 0.15) is 12.8 Å². The zero-order valence-corrected chi connectivity index (χ0v) is 6.64. The summed E-state index contributed by atoms with van der Waals surface area (Å²) >= 11 is 0. The zero-order chi connectivity index (χ0) is 9.19. The van der Waals surface area contributed by atoms with Gasteiger partial charge in [-0.3, -0.25) is 0 Å². The number of nitrogens with zero attached hydrogens (tertiary/aromatic N) is 1. The molecule has 1 rings (SSSR count). The highest BCUT2D eigenvalue weighted by molar-refractivity contribution is 4.74. The van der Waals surface area contributed by atoms with Crippen molar-refractivity contribution in [3.8, 4) is 0 Å². The monoisotopic (exact) mass is 183 g/mol. The van der Waals surface area contributed by atoms with Crippen molar-refractivity contribution >= 4 is 0 Å². The summed E-state index contributed by atoms with van der Waals surface area (Å²) in [6, 6.07) is 0. The Labute approximate surface area is 69.0 Å². The molecule has 0 aromatic carbocycles. The molecule has 0 unspecified atom stereocenters. The van der Waals surface area contributed by atoms with Gasteiger partial charge in [0.15, 0.2) is 6.10 Å². The summed E-state index contributed by atoms with van der Waals surface area (Å²) in [5, 5.41) is 8.68. The second-order valence-corrected chi connectivity index (χ2v) is 3.07. The Morgan fingerprint density at radius 3 is 2.17 bits per heavy atom. The second kappa shape index (κ2) is 3.62. The van der Waals surface area contributed by atoms with E-state index in [0.29, 0.717) is 13.1 Å². The summed E-state index contributed by atoms with van der Waals surface area (Å²) in [6.07, 6.45) is -4.78. The fourth-order valence-corrected chi connectivity index (χ4v) is 1.31. The van der Waals surface area contributed by atoms with E-state index in [4.69, 9.17) is 5.11 Å². The van der Waals surface area contributed by atoms with Crippen molar-refractivity contribution in [2.45, 2.75) is 25.1 Å². The van der Waals surface area contributed by atoms with Crippen LogP contribution >= 0.6 is 0 Å². The number of alkyl halides is 3. The molecular weight excluding hydrogens is 171 g/mol. The minimum atomic E-state index is -4.47. The number of likely N-dealkylation sites (tertiary alicyclic amines) is 1. The molecule has 0 amide bonds. The van der Waals surface area contributed by atoms with Crippen LogP contribution in [-0.2, 0) is 0 Å². The smallest absolute Gasteiger partial charge is 0.382 e. The molecule has 1 N–H and O–H groups in total. The second-order valence-electron chi connectivity index (χ2n) is 3.07. The van der Waals surface area contributed by atoms with Gasteiger partial charge in [-0.2, -0.15) is 13.2 Å². The number of β-amino-alcohol motifs (C(OH)–C–C–N with tert-alkyl or cyclic N) is 1. The number of hydrogen-bond donors (Lipinski definition) is 1. The lowest BCUT2D eigenvalue weighted by Gasteiger charge is -2.20. The van der Waals surface area contributed by atoms with Crippen molar-refractivity contribution < 1.29 is 18.3 Å². The van der Waals surface area contributed by atoms with E-state index in [-0.39, 0.29) is 6.54 Å². The van der Waals surface area contributed by atoms with Crippen molar-refractivity contribution in [3.63, 3.8) is 0 Å². The number of halogens is 3. The standard InChI is InChI=1S/C7H12F3NO/c8-7(9,10)6(12)5-11-3-1-2-4-11/h6,12H,1-5H2/t6-/m0/s1. The highest BCUT2D eigenvalue weighted by atomic mass is 19.4.